The maximum atomic E-state index is 13.2. The maximum Gasteiger partial charge on any atom is 0.356 e. The molecule has 0 bridgehead atoms. The van der Waals surface area contributed by atoms with Gasteiger partial charge in [0, 0.05) is 12.6 Å². The highest BCUT2D eigenvalue weighted by atomic mass is 19.1. The molecule has 1 N–H and O–H groups in total. The Morgan fingerprint density at radius 1 is 1.10 bits per heavy atom. The lowest BCUT2D eigenvalue weighted by Gasteiger charge is -2.33. The molecular weight excluding hydrogens is 377 g/mol. The summed E-state index contributed by atoms with van der Waals surface area (Å²) in [5.74, 6) is -1.89. The SMILES string of the molecule is O=C(O)c1cc(C(=O)N2CCO[C@@H](c3ccc(F)cc3)C2)n(-c2ccccc2)n1. The van der Waals surface area contributed by atoms with E-state index in [0.29, 0.717) is 18.8 Å². The molecule has 8 heteroatoms. The minimum atomic E-state index is -1.21. The fourth-order valence-electron chi connectivity index (χ4n) is 3.28. The number of rotatable bonds is 4. The largest absolute Gasteiger partial charge is 0.476 e. The average Bonchev–Trinajstić information content (AvgIpc) is 3.20. The molecule has 0 spiro atoms. The number of benzene rings is 2. The predicted molar refractivity (Wildman–Crippen MR) is 102 cm³/mol. The first-order chi connectivity index (χ1) is 14.0. The summed E-state index contributed by atoms with van der Waals surface area (Å²) in [7, 11) is 0. The Bertz CT molecular complexity index is 1030. The van der Waals surface area contributed by atoms with Crippen molar-refractivity contribution in [3.8, 4) is 5.69 Å². The van der Waals surface area contributed by atoms with E-state index in [1.54, 1.807) is 41.3 Å². The molecule has 0 saturated carbocycles. The Balaban J connectivity index is 1.63. The van der Waals surface area contributed by atoms with Gasteiger partial charge in [-0.2, -0.15) is 5.10 Å². The zero-order valence-electron chi connectivity index (χ0n) is 15.4. The number of aromatic nitrogens is 2. The average molecular weight is 395 g/mol. The van der Waals surface area contributed by atoms with Gasteiger partial charge < -0.3 is 14.7 Å². The van der Waals surface area contributed by atoms with Crippen LogP contribution in [0.15, 0.2) is 60.7 Å². The van der Waals surface area contributed by atoms with Crippen LogP contribution in [0.3, 0.4) is 0 Å². The van der Waals surface area contributed by atoms with Gasteiger partial charge >= 0.3 is 5.97 Å². The van der Waals surface area contributed by atoms with Crippen LogP contribution in [0, 0.1) is 5.82 Å². The van der Waals surface area contributed by atoms with Crippen LogP contribution in [0.2, 0.25) is 0 Å². The van der Waals surface area contributed by atoms with E-state index in [-0.39, 0.29) is 35.8 Å². The number of carboxylic acid groups (broad SMARTS) is 1. The summed E-state index contributed by atoms with van der Waals surface area (Å²) in [5, 5.41) is 13.4. The number of halogens is 1. The predicted octanol–water partition coefficient (Wildman–Crippen LogP) is 2.92. The molecule has 1 saturated heterocycles. The molecule has 0 aliphatic carbocycles. The van der Waals surface area contributed by atoms with Crippen LogP contribution in [-0.2, 0) is 4.74 Å². The van der Waals surface area contributed by atoms with E-state index in [4.69, 9.17) is 4.74 Å². The minimum absolute atomic E-state index is 0.161. The molecule has 7 nitrogen and oxygen atoms in total. The topological polar surface area (TPSA) is 84.7 Å². The highest BCUT2D eigenvalue weighted by Crippen LogP contribution is 2.24. The molecular formula is C21H18FN3O4. The normalized spacial score (nSPS) is 16.6. The molecule has 148 valence electrons. The van der Waals surface area contributed by atoms with Crippen molar-refractivity contribution in [2.24, 2.45) is 0 Å². The molecule has 2 heterocycles. The number of hydrogen-bond acceptors (Lipinski definition) is 4. The molecule has 1 atom stereocenters. The molecule has 0 radical (unpaired) electrons. The van der Waals surface area contributed by atoms with Gasteiger partial charge in [-0.25, -0.2) is 13.9 Å². The molecule has 0 unspecified atom stereocenters. The monoisotopic (exact) mass is 395 g/mol. The van der Waals surface area contributed by atoms with E-state index in [9.17, 15) is 19.1 Å². The summed E-state index contributed by atoms with van der Waals surface area (Å²) in [6.45, 7) is 0.949. The van der Waals surface area contributed by atoms with Crippen molar-refractivity contribution in [1.82, 2.24) is 14.7 Å². The third kappa shape index (κ3) is 3.88. The second kappa shape index (κ2) is 7.84. The van der Waals surface area contributed by atoms with Crippen molar-refractivity contribution >= 4 is 11.9 Å². The lowest BCUT2D eigenvalue weighted by Crippen LogP contribution is -2.42. The molecule has 3 aromatic rings. The Kier molecular flexibility index (Phi) is 5.09. The second-order valence-corrected chi connectivity index (χ2v) is 6.63. The summed E-state index contributed by atoms with van der Waals surface area (Å²) in [6, 6.07) is 16.1. The highest BCUT2D eigenvalue weighted by molar-refractivity contribution is 5.96. The van der Waals surface area contributed by atoms with Crippen LogP contribution in [0.25, 0.3) is 5.69 Å². The number of carbonyl (C=O) groups excluding carboxylic acids is 1. The van der Waals surface area contributed by atoms with Crippen molar-refractivity contribution in [3.63, 3.8) is 0 Å². The fraction of sp³-hybridized carbons (Fsp3) is 0.190. The number of morpholine rings is 1. The second-order valence-electron chi connectivity index (χ2n) is 6.63. The standard InChI is InChI=1S/C21H18FN3O4/c22-15-8-6-14(7-9-15)19-13-24(10-11-29-19)20(26)18-12-17(21(27)28)23-25(18)16-4-2-1-3-5-16/h1-9,12,19H,10-11,13H2,(H,27,28)/t19-/m1/s1. The lowest BCUT2D eigenvalue weighted by molar-refractivity contribution is -0.0231. The Hall–Kier alpha value is -3.52. The molecule has 1 aliphatic rings. The minimum Gasteiger partial charge on any atom is -0.476 e. The number of hydrogen-bond donors (Lipinski definition) is 1. The Labute approximate surface area is 165 Å². The molecule has 1 aliphatic heterocycles. The van der Waals surface area contributed by atoms with Crippen molar-refractivity contribution in [2.45, 2.75) is 6.10 Å². The molecule has 2 aromatic carbocycles. The first kappa shape index (κ1) is 18.8. The van der Waals surface area contributed by atoms with Gasteiger partial charge in [0.15, 0.2) is 5.69 Å². The molecule has 1 fully saturated rings. The smallest absolute Gasteiger partial charge is 0.356 e. The van der Waals surface area contributed by atoms with Gasteiger partial charge in [-0.05, 0) is 29.8 Å². The zero-order chi connectivity index (χ0) is 20.4. The van der Waals surface area contributed by atoms with Gasteiger partial charge in [0.25, 0.3) is 5.91 Å². The third-order valence-electron chi connectivity index (χ3n) is 4.74. The number of aromatic carboxylic acids is 1. The van der Waals surface area contributed by atoms with Crippen LogP contribution in [0.5, 0.6) is 0 Å². The van der Waals surface area contributed by atoms with Crippen LogP contribution < -0.4 is 0 Å². The lowest BCUT2D eigenvalue weighted by atomic mass is 10.1. The van der Waals surface area contributed by atoms with E-state index < -0.39 is 5.97 Å². The highest BCUT2D eigenvalue weighted by Gasteiger charge is 2.29. The van der Waals surface area contributed by atoms with Crippen LogP contribution in [0.1, 0.15) is 32.6 Å². The summed E-state index contributed by atoms with van der Waals surface area (Å²) < 4.78 is 20.3. The summed E-state index contributed by atoms with van der Waals surface area (Å²) >= 11 is 0. The number of carbonyl (C=O) groups is 2. The van der Waals surface area contributed by atoms with Crippen LogP contribution >= 0.6 is 0 Å². The number of para-hydroxylation sites is 1. The van der Waals surface area contributed by atoms with E-state index in [2.05, 4.69) is 5.10 Å². The maximum absolute atomic E-state index is 13.2. The first-order valence-corrected chi connectivity index (χ1v) is 9.08. The van der Waals surface area contributed by atoms with Gasteiger partial charge in [-0.3, -0.25) is 4.79 Å². The fourth-order valence-corrected chi connectivity index (χ4v) is 3.28. The van der Waals surface area contributed by atoms with Crippen molar-refractivity contribution in [1.29, 1.82) is 0 Å². The van der Waals surface area contributed by atoms with E-state index in [1.165, 1.54) is 22.9 Å². The zero-order valence-corrected chi connectivity index (χ0v) is 15.4. The van der Waals surface area contributed by atoms with Gasteiger partial charge in [-0.1, -0.05) is 30.3 Å². The van der Waals surface area contributed by atoms with Crippen LogP contribution in [-0.4, -0.2) is 51.4 Å². The molecule has 4 rings (SSSR count). The number of amides is 1. The van der Waals surface area contributed by atoms with Gasteiger partial charge in [-0.15, -0.1) is 0 Å². The molecule has 29 heavy (non-hydrogen) atoms. The number of ether oxygens (including phenoxy) is 1. The van der Waals surface area contributed by atoms with Crippen molar-refractivity contribution < 1.29 is 23.8 Å². The quantitative estimate of drug-likeness (QED) is 0.734. The summed E-state index contributed by atoms with van der Waals surface area (Å²) in [5.41, 5.74) is 1.31. The van der Waals surface area contributed by atoms with E-state index in [1.807, 2.05) is 6.07 Å². The number of carboxylic acids is 1. The summed E-state index contributed by atoms with van der Waals surface area (Å²) in [6.07, 6.45) is -0.389. The molecule has 1 amide bonds. The van der Waals surface area contributed by atoms with Crippen molar-refractivity contribution in [2.75, 3.05) is 19.7 Å². The van der Waals surface area contributed by atoms with E-state index >= 15 is 0 Å². The first-order valence-electron chi connectivity index (χ1n) is 9.08. The Morgan fingerprint density at radius 3 is 2.52 bits per heavy atom. The molecule has 1 aromatic heterocycles. The van der Waals surface area contributed by atoms with Gasteiger partial charge in [0.05, 0.1) is 18.8 Å². The Morgan fingerprint density at radius 2 is 1.83 bits per heavy atom. The third-order valence-corrected chi connectivity index (χ3v) is 4.74. The van der Waals surface area contributed by atoms with Crippen LogP contribution in [0.4, 0.5) is 4.39 Å². The van der Waals surface area contributed by atoms with Gasteiger partial charge in [0.2, 0.25) is 0 Å². The number of nitrogens with zero attached hydrogens (tertiary/aromatic N) is 3. The summed E-state index contributed by atoms with van der Waals surface area (Å²) in [4.78, 5) is 26.2. The van der Waals surface area contributed by atoms with Crippen molar-refractivity contribution in [3.05, 3.63) is 83.4 Å². The van der Waals surface area contributed by atoms with E-state index in [0.717, 1.165) is 5.56 Å². The van der Waals surface area contributed by atoms with Gasteiger partial charge in [0.1, 0.15) is 17.6 Å².